The molecule has 1 aromatic carbocycles. The van der Waals surface area contributed by atoms with E-state index in [0.29, 0.717) is 12.8 Å². The Balaban J connectivity index is 1.42. The molecule has 0 spiro atoms. The molecular weight excluding hydrogens is 376 g/mol. The molecule has 0 fully saturated rings. The Morgan fingerprint density at radius 2 is 2.14 bits per heavy atom. The van der Waals surface area contributed by atoms with Crippen LogP contribution < -0.4 is 14.8 Å². The second kappa shape index (κ2) is 8.52. The van der Waals surface area contributed by atoms with Gasteiger partial charge in [0.25, 0.3) is 0 Å². The second-order valence-electron chi connectivity index (χ2n) is 6.58. The van der Waals surface area contributed by atoms with Crippen molar-refractivity contribution in [3.05, 3.63) is 54.0 Å². The number of aryl methyl sites for hydroxylation is 1. The van der Waals surface area contributed by atoms with Crippen LogP contribution in [0.5, 0.6) is 11.5 Å². The summed E-state index contributed by atoms with van der Waals surface area (Å²) in [7, 11) is 0. The Labute approximate surface area is 167 Å². The number of nitrogens with zero attached hydrogens (tertiary/aromatic N) is 3. The van der Waals surface area contributed by atoms with Crippen LogP contribution in [0.25, 0.3) is 5.65 Å². The lowest BCUT2D eigenvalue weighted by Gasteiger charge is -2.17. The van der Waals surface area contributed by atoms with Gasteiger partial charge in [0.15, 0.2) is 23.0 Å². The average Bonchev–Trinajstić information content (AvgIpc) is 3.36. The molecule has 0 aliphatic carbocycles. The molecular formula is C20H22N4O3S. The van der Waals surface area contributed by atoms with Crippen molar-refractivity contribution in [3.63, 3.8) is 0 Å². The normalized spacial score (nSPS) is 13.6. The topological polar surface area (TPSA) is 77.8 Å². The Bertz CT molecular complexity index is 975. The molecule has 1 aliphatic heterocycles. The van der Waals surface area contributed by atoms with Crippen molar-refractivity contribution in [1.82, 2.24) is 19.9 Å². The highest BCUT2D eigenvalue weighted by Crippen LogP contribution is 2.32. The van der Waals surface area contributed by atoms with Crippen LogP contribution in [0.1, 0.15) is 30.3 Å². The third kappa shape index (κ3) is 4.06. The predicted molar refractivity (Wildman–Crippen MR) is 108 cm³/mol. The minimum Gasteiger partial charge on any atom is -0.454 e. The maximum Gasteiger partial charge on any atom is 0.231 e. The van der Waals surface area contributed by atoms with Crippen LogP contribution in [0.15, 0.2) is 42.6 Å². The molecule has 146 valence electrons. The number of carbonyl (C=O) groups is 1. The molecule has 0 bridgehead atoms. The van der Waals surface area contributed by atoms with Crippen LogP contribution in [-0.4, -0.2) is 39.3 Å². The number of benzene rings is 1. The highest BCUT2D eigenvalue weighted by atomic mass is 32.2. The van der Waals surface area contributed by atoms with Crippen molar-refractivity contribution >= 4 is 23.3 Å². The summed E-state index contributed by atoms with van der Waals surface area (Å²) in [6, 6.07) is 11.4. The number of nitrogens with one attached hydrogen (secondary N) is 1. The van der Waals surface area contributed by atoms with E-state index in [9.17, 15) is 4.79 Å². The molecule has 4 rings (SSSR count). The lowest BCUT2D eigenvalue weighted by molar-refractivity contribution is -0.121. The number of aromatic nitrogens is 3. The summed E-state index contributed by atoms with van der Waals surface area (Å²) in [5.74, 6) is 3.18. The van der Waals surface area contributed by atoms with Gasteiger partial charge >= 0.3 is 0 Å². The Kier molecular flexibility index (Phi) is 5.66. The van der Waals surface area contributed by atoms with E-state index in [1.165, 1.54) is 0 Å². The van der Waals surface area contributed by atoms with Gasteiger partial charge in [-0.25, -0.2) is 0 Å². The third-order valence-corrected chi connectivity index (χ3v) is 5.32. The van der Waals surface area contributed by atoms with Crippen molar-refractivity contribution in [3.8, 4) is 11.5 Å². The van der Waals surface area contributed by atoms with Gasteiger partial charge in [0.2, 0.25) is 12.7 Å². The lowest BCUT2D eigenvalue weighted by Crippen LogP contribution is -2.30. The SMILES string of the molecule is CSCC[C@@H](NC(=O)CCc1ccc2c(c1)OCO2)c1nnc2ccccn12. The molecule has 2 aromatic heterocycles. The third-order valence-electron chi connectivity index (χ3n) is 4.68. The molecule has 8 heteroatoms. The molecule has 3 aromatic rings. The molecule has 1 N–H and O–H groups in total. The fraction of sp³-hybridized carbons (Fsp3) is 0.350. The molecule has 7 nitrogen and oxygen atoms in total. The Hall–Kier alpha value is -2.74. The summed E-state index contributed by atoms with van der Waals surface area (Å²) in [5.41, 5.74) is 1.83. The van der Waals surface area contributed by atoms with Crippen LogP contribution in [0, 0.1) is 0 Å². The number of fused-ring (bicyclic) bond motifs is 2. The largest absolute Gasteiger partial charge is 0.454 e. The van der Waals surface area contributed by atoms with Crippen molar-refractivity contribution in [2.75, 3.05) is 18.8 Å². The van der Waals surface area contributed by atoms with Gasteiger partial charge in [-0.15, -0.1) is 10.2 Å². The summed E-state index contributed by atoms with van der Waals surface area (Å²) in [4.78, 5) is 12.6. The summed E-state index contributed by atoms with van der Waals surface area (Å²) >= 11 is 1.75. The number of thioether (sulfide) groups is 1. The van der Waals surface area contributed by atoms with Crippen molar-refractivity contribution in [2.24, 2.45) is 0 Å². The number of carbonyl (C=O) groups excluding carboxylic acids is 1. The zero-order valence-corrected chi connectivity index (χ0v) is 16.4. The first-order valence-electron chi connectivity index (χ1n) is 9.21. The summed E-state index contributed by atoms with van der Waals surface area (Å²) in [6.07, 6.45) is 5.81. The van der Waals surface area contributed by atoms with Crippen LogP contribution >= 0.6 is 11.8 Å². The first kappa shape index (κ1) is 18.6. The monoisotopic (exact) mass is 398 g/mol. The van der Waals surface area contributed by atoms with Crippen molar-refractivity contribution < 1.29 is 14.3 Å². The van der Waals surface area contributed by atoms with Gasteiger partial charge in [-0.1, -0.05) is 12.1 Å². The van der Waals surface area contributed by atoms with Crippen LogP contribution in [0.3, 0.4) is 0 Å². The molecule has 28 heavy (non-hydrogen) atoms. The van der Waals surface area contributed by atoms with Crippen LogP contribution in [0.2, 0.25) is 0 Å². The van der Waals surface area contributed by atoms with Crippen molar-refractivity contribution in [2.45, 2.75) is 25.3 Å². The van der Waals surface area contributed by atoms with E-state index < -0.39 is 0 Å². The number of hydrogen-bond donors (Lipinski definition) is 1. The smallest absolute Gasteiger partial charge is 0.231 e. The van der Waals surface area contributed by atoms with Gasteiger partial charge < -0.3 is 14.8 Å². The number of ether oxygens (including phenoxy) is 2. The van der Waals surface area contributed by atoms with E-state index in [-0.39, 0.29) is 18.7 Å². The van der Waals surface area contributed by atoms with E-state index in [1.54, 1.807) is 11.8 Å². The van der Waals surface area contributed by atoms with E-state index in [4.69, 9.17) is 9.47 Å². The molecule has 1 amide bonds. The van der Waals surface area contributed by atoms with Gasteiger partial charge in [-0.3, -0.25) is 9.20 Å². The molecule has 0 unspecified atom stereocenters. The maximum atomic E-state index is 12.6. The Morgan fingerprint density at radius 3 is 3.04 bits per heavy atom. The second-order valence-corrected chi connectivity index (χ2v) is 7.56. The first-order chi connectivity index (χ1) is 13.7. The number of hydrogen-bond acceptors (Lipinski definition) is 6. The van der Waals surface area contributed by atoms with E-state index in [2.05, 4.69) is 21.8 Å². The molecule has 1 aliphatic rings. The quantitative estimate of drug-likeness (QED) is 0.629. The van der Waals surface area contributed by atoms with Crippen LogP contribution in [-0.2, 0) is 11.2 Å². The fourth-order valence-electron chi connectivity index (χ4n) is 3.22. The number of pyridine rings is 1. The molecule has 0 saturated carbocycles. The summed E-state index contributed by atoms with van der Waals surface area (Å²) in [5, 5.41) is 11.7. The average molecular weight is 398 g/mol. The van der Waals surface area contributed by atoms with Gasteiger partial charge in [0, 0.05) is 12.6 Å². The van der Waals surface area contributed by atoms with E-state index in [1.807, 2.05) is 47.0 Å². The number of amides is 1. The highest BCUT2D eigenvalue weighted by Gasteiger charge is 2.20. The summed E-state index contributed by atoms with van der Waals surface area (Å²) < 4.78 is 12.7. The Morgan fingerprint density at radius 1 is 1.25 bits per heavy atom. The maximum absolute atomic E-state index is 12.6. The molecule has 0 saturated heterocycles. The molecule has 3 heterocycles. The van der Waals surface area contributed by atoms with E-state index >= 15 is 0 Å². The molecule has 0 radical (unpaired) electrons. The summed E-state index contributed by atoms with van der Waals surface area (Å²) in [6.45, 7) is 0.253. The highest BCUT2D eigenvalue weighted by molar-refractivity contribution is 7.98. The zero-order valence-electron chi connectivity index (χ0n) is 15.6. The predicted octanol–water partition coefficient (Wildman–Crippen LogP) is 3.00. The fourth-order valence-corrected chi connectivity index (χ4v) is 3.69. The first-order valence-corrected chi connectivity index (χ1v) is 10.6. The van der Waals surface area contributed by atoms with Crippen LogP contribution in [0.4, 0.5) is 0 Å². The lowest BCUT2D eigenvalue weighted by atomic mass is 10.1. The van der Waals surface area contributed by atoms with Crippen molar-refractivity contribution in [1.29, 1.82) is 0 Å². The minimum absolute atomic E-state index is 0.00329. The zero-order chi connectivity index (χ0) is 19.3. The minimum atomic E-state index is -0.172. The molecule has 1 atom stereocenters. The standard InChI is InChI=1S/C20H22N4O3S/c1-28-11-9-15(20-23-22-18-4-2-3-10-24(18)20)21-19(25)8-6-14-5-7-16-17(12-14)27-13-26-16/h2-5,7,10,12,15H,6,8-9,11,13H2,1H3,(H,21,25)/t15-/m1/s1. The number of rotatable bonds is 8. The van der Waals surface area contributed by atoms with Gasteiger partial charge in [-0.05, 0) is 54.7 Å². The van der Waals surface area contributed by atoms with Gasteiger partial charge in [-0.2, -0.15) is 11.8 Å². The van der Waals surface area contributed by atoms with Gasteiger partial charge in [0.1, 0.15) is 0 Å². The van der Waals surface area contributed by atoms with Gasteiger partial charge in [0.05, 0.1) is 6.04 Å². The van der Waals surface area contributed by atoms with E-state index in [0.717, 1.165) is 40.7 Å².